The lowest BCUT2D eigenvalue weighted by atomic mass is 9.92. The highest BCUT2D eigenvalue weighted by Crippen LogP contribution is 2.47. The highest BCUT2D eigenvalue weighted by Gasteiger charge is 2.52. The van der Waals surface area contributed by atoms with Gasteiger partial charge < -0.3 is 10.6 Å². The van der Waals surface area contributed by atoms with Gasteiger partial charge in [0.15, 0.2) is 0 Å². The van der Waals surface area contributed by atoms with Gasteiger partial charge in [-0.3, -0.25) is 9.59 Å². The Morgan fingerprint density at radius 2 is 2.22 bits per heavy atom. The van der Waals surface area contributed by atoms with Gasteiger partial charge >= 0.3 is 0 Å². The standard InChI is InChI=1S/C16H19N5O2/c17-9-16(3-4-16)15(23)21-5-1-2-11(8-21)6-12-7-13(14(18)22)20-10-19-12/h7,10-11H,1-6,8H2,(H2,18,22). The van der Waals surface area contributed by atoms with E-state index in [1.165, 1.54) is 6.33 Å². The summed E-state index contributed by atoms with van der Waals surface area (Å²) in [5, 5.41) is 9.18. The molecule has 7 heteroatoms. The number of hydrogen-bond donors (Lipinski definition) is 1. The topological polar surface area (TPSA) is 113 Å². The quantitative estimate of drug-likeness (QED) is 0.877. The number of likely N-dealkylation sites (tertiary alicyclic amines) is 1. The van der Waals surface area contributed by atoms with E-state index < -0.39 is 11.3 Å². The van der Waals surface area contributed by atoms with E-state index in [1.807, 2.05) is 4.90 Å². The molecule has 1 saturated carbocycles. The molecule has 2 heterocycles. The third-order valence-electron chi connectivity index (χ3n) is 4.65. The van der Waals surface area contributed by atoms with Crippen molar-refractivity contribution in [2.75, 3.05) is 13.1 Å². The molecule has 2 aliphatic rings. The number of carbonyl (C=O) groups is 2. The molecular weight excluding hydrogens is 294 g/mol. The van der Waals surface area contributed by atoms with Gasteiger partial charge in [0, 0.05) is 18.8 Å². The third-order valence-corrected chi connectivity index (χ3v) is 4.65. The molecule has 23 heavy (non-hydrogen) atoms. The Balaban J connectivity index is 1.65. The van der Waals surface area contributed by atoms with Gasteiger partial charge in [-0.1, -0.05) is 0 Å². The van der Waals surface area contributed by atoms with E-state index in [9.17, 15) is 14.9 Å². The van der Waals surface area contributed by atoms with Crippen LogP contribution in [0.5, 0.6) is 0 Å². The number of nitrogens with two attached hydrogens (primary N) is 1. The van der Waals surface area contributed by atoms with Crippen molar-refractivity contribution in [3.05, 3.63) is 23.8 Å². The summed E-state index contributed by atoms with van der Waals surface area (Å²) in [6.07, 6.45) is 5.29. The van der Waals surface area contributed by atoms with Gasteiger partial charge in [-0.2, -0.15) is 5.26 Å². The van der Waals surface area contributed by atoms with Crippen molar-refractivity contribution in [1.82, 2.24) is 14.9 Å². The minimum atomic E-state index is -0.754. The van der Waals surface area contributed by atoms with E-state index in [1.54, 1.807) is 6.07 Å². The lowest BCUT2D eigenvalue weighted by molar-refractivity contribution is -0.136. The zero-order valence-electron chi connectivity index (χ0n) is 12.9. The van der Waals surface area contributed by atoms with Crippen molar-refractivity contribution < 1.29 is 9.59 Å². The van der Waals surface area contributed by atoms with Gasteiger partial charge in [-0.15, -0.1) is 0 Å². The smallest absolute Gasteiger partial charge is 0.267 e. The molecule has 0 aromatic carbocycles. The Hall–Kier alpha value is -2.49. The van der Waals surface area contributed by atoms with Crippen LogP contribution in [0.25, 0.3) is 0 Å². The average molecular weight is 313 g/mol. The van der Waals surface area contributed by atoms with Gasteiger partial charge in [0.2, 0.25) is 5.91 Å². The van der Waals surface area contributed by atoms with Crippen LogP contribution in [0.15, 0.2) is 12.4 Å². The van der Waals surface area contributed by atoms with Crippen LogP contribution in [-0.2, 0) is 11.2 Å². The van der Waals surface area contributed by atoms with Gasteiger partial charge in [-0.25, -0.2) is 9.97 Å². The van der Waals surface area contributed by atoms with Gasteiger partial charge in [0.1, 0.15) is 17.4 Å². The summed E-state index contributed by atoms with van der Waals surface area (Å²) in [6, 6.07) is 3.78. The first kappa shape index (κ1) is 15.4. The number of nitriles is 1. The molecule has 2 amide bonds. The number of primary amides is 1. The Morgan fingerprint density at radius 1 is 1.43 bits per heavy atom. The second-order valence-corrected chi connectivity index (χ2v) is 6.42. The summed E-state index contributed by atoms with van der Waals surface area (Å²) in [5.74, 6) is -0.318. The highest BCUT2D eigenvalue weighted by atomic mass is 16.2. The fourth-order valence-electron chi connectivity index (χ4n) is 3.16. The van der Waals surface area contributed by atoms with Gasteiger partial charge in [0.25, 0.3) is 5.91 Å². The van der Waals surface area contributed by atoms with Crippen LogP contribution in [0.3, 0.4) is 0 Å². The third kappa shape index (κ3) is 3.16. The van der Waals surface area contributed by atoms with Crippen molar-refractivity contribution in [3.8, 4) is 6.07 Å². The molecule has 0 spiro atoms. The van der Waals surface area contributed by atoms with Crippen LogP contribution >= 0.6 is 0 Å². The summed E-state index contributed by atoms with van der Waals surface area (Å²) in [7, 11) is 0. The number of carbonyl (C=O) groups excluding carboxylic acids is 2. The predicted molar refractivity (Wildman–Crippen MR) is 80.8 cm³/mol. The number of nitrogens with zero attached hydrogens (tertiary/aromatic N) is 4. The number of rotatable bonds is 4. The molecule has 1 atom stereocenters. The van der Waals surface area contributed by atoms with Crippen LogP contribution < -0.4 is 5.73 Å². The maximum Gasteiger partial charge on any atom is 0.267 e. The van der Waals surface area contributed by atoms with E-state index >= 15 is 0 Å². The summed E-state index contributed by atoms with van der Waals surface area (Å²) in [5.41, 5.74) is 5.45. The van der Waals surface area contributed by atoms with E-state index in [-0.39, 0.29) is 17.5 Å². The molecule has 1 aliphatic heterocycles. The first-order valence-corrected chi connectivity index (χ1v) is 7.85. The van der Waals surface area contributed by atoms with Crippen molar-refractivity contribution in [3.63, 3.8) is 0 Å². The summed E-state index contributed by atoms with van der Waals surface area (Å²) in [6.45, 7) is 1.35. The first-order chi connectivity index (χ1) is 11.0. The summed E-state index contributed by atoms with van der Waals surface area (Å²) >= 11 is 0. The fourth-order valence-corrected chi connectivity index (χ4v) is 3.16. The molecule has 0 radical (unpaired) electrons. The maximum absolute atomic E-state index is 12.5. The normalized spacial score (nSPS) is 22.2. The molecular formula is C16H19N5O2. The zero-order chi connectivity index (χ0) is 16.4. The van der Waals surface area contributed by atoms with Crippen LogP contribution in [0.4, 0.5) is 0 Å². The lowest BCUT2D eigenvalue weighted by Crippen LogP contribution is -2.44. The molecule has 1 aromatic heterocycles. The second-order valence-electron chi connectivity index (χ2n) is 6.42. The van der Waals surface area contributed by atoms with Crippen molar-refractivity contribution >= 4 is 11.8 Å². The van der Waals surface area contributed by atoms with Crippen molar-refractivity contribution in [1.29, 1.82) is 5.26 Å². The zero-order valence-corrected chi connectivity index (χ0v) is 12.9. The van der Waals surface area contributed by atoms with E-state index in [0.29, 0.717) is 25.8 Å². The molecule has 1 aliphatic carbocycles. The van der Waals surface area contributed by atoms with E-state index in [2.05, 4.69) is 16.0 Å². The van der Waals surface area contributed by atoms with Crippen molar-refractivity contribution in [2.24, 2.45) is 17.1 Å². The minimum absolute atomic E-state index is 0.0230. The predicted octanol–water partition coefficient (Wildman–Crippen LogP) is 0.660. The largest absolute Gasteiger partial charge is 0.364 e. The number of aromatic nitrogens is 2. The molecule has 1 aromatic rings. The number of piperidine rings is 1. The van der Waals surface area contributed by atoms with E-state index in [4.69, 9.17) is 5.73 Å². The average Bonchev–Trinajstić information content (AvgIpc) is 3.36. The molecule has 1 saturated heterocycles. The molecule has 2 N–H and O–H groups in total. The number of amides is 2. The highest BCUT2D eigenvalue weighted by molar-refractivity contribution is 5.90. The Kier molecular flexibility index (Phi) is 3.99. The lowest BCUT2D eigenvalue weighted by Gasteiger charge is -2.33. The molecule has 1 unspecified atom stereocenters. The summed E-state index contributed by atoms with van der Waals surface area (Å²) in [4.78, 5) is 33.5. The fraction of sp³-hybridized carbons (Fsp3) is 0.562. The Labute approximate surface area is 134 Å². The van der Waals surface area contributed by atoms with Gasteiger partial charge in [0.05, 0.1) is 6.07 Å². The molecule has 3 rings (SSSR count). The van der Waals surface area contributed by atoms with Crippen LogP contribution in [0.2, 0.25) is 0 Å². The van der Waals surface area contributed by atoms with E-state index in [0.717, 1.165) is 25.1 Å². The number of hydrogen-bond acceptors (Lipinski definition) is 5. The van der Waals surface area contributed by atoms with Crippen molar-refractivity contribution in [2.45, 2.75) is 32.1 Å². The molecule has 0 bridgehead atoms. The minimum Gasteiger partial charge on any atom is -0.364 e. The van der Waals surface area contributed by atoms with Gasteiger partial charge in [-0.05, 0) is 44.1 Å². The molecule has 120 valence electrons. The van der Waals surface area contributed by atoms with Crippen LogP contribution in [0, 0.1) is 22.7 Å². The SMILES string of the molecule is N#CC1(C(=O)N2CCCC(Cc3cc(C(N)=O)ncn3)C2)CC1. The second kappa shape index (κ2) is 5.95. The summed E-state index contributed by atoms with van der Waals surface area (Å²) < 4.78 is 0. The Bertz CT molecular complexity index is 677. The monoisotopic (exact) mass is 313 g/mol. The molecule has 7 nitrogen and oxygen atoms in total. The maximum atomic E-state index is 12.5. The van der Waals surface area contributed by atoms with Crippen LogP contribution in [0.1, 0.15) is 41.9 Å². The molecule has 2 fully saturated rings. The first-order valence-electron chi connectivity index (χ1n) is 7.85. The Morgan fingerprint density at radius 3 is 2.87 bits per heavy atom. The van der Waals surface area contributed by atoms with Crippen LogP contribution in [-0.4, -0.2) is 39.8 Å².